The molecule has 0 spiro atoms. The molecule has 39 heavy (non-hydrogen) atoms. The fourth-order valence-corrected chi connectivity index (χ4v) is 5.49. The Balaban J connectivity index is 1.34. The molecule has 5 rings (SSSR count). The first-order chi connectivity index (χ1) is 18.8. The van der Waals surface area contributed by atoms with E-state index in [0.717, 1.165) is 25.9 Å². The molecule has 2 amide bonds. The molecule has 0 aliphatic carbocycles. The highest BCUT2D eigenvalue weighted by Gasteiger charge is 2.41. The Bertz CT molecular complexity index is 1310. The molecule has 3 heterocycles. The predicted molar refractivity (Wildman–Crippen MR) is 147 cm³/mol. The second-order valence-corrected chi connectivity index (χ2v) is 11.0. The van der Waals surface area contributed by atoms with Crippen LogP contribution in [-0.2, 0) is 4.79 Å². The average molecular weight is 554 g/mol. The van der Waals surface area contributed by atoms with Gasteiger partial charge < -0.3 is 23.9 Å². The molecule has 7 nitrogen and oxygen atoms in total. The van der Waals surface area contributed by atoms with Gasteiger partial charge in [-0.3, -0.25) is 9.59 Å². The number of ether oxygens (including phenoxy) is 1. The topological polar surface area (TPSA) is 66.2 Å². The number of furan rings is 1. The van der Waals surface area contributed by atoms with Gasteiger partial charge in [-0.2, -0.15) is 0 Å². The highest BCUT2D eigenvalue weighted by atomic mass is 35.5. The van der Waals surface area contributed by atoms with Crippen molar-refractivity contribution in [3.8, 4) is 17.1 Å². The minimum atomic E-state index is -0.561. The van der Waals surface area contributed by atoms with Gasteiger partial charge in [0.1, 0.15) is 17.3 Å². The van der Waals surface area contributed by atoms with Gasteiger partial charge in [0.15, 0.2) is 5.76 Å². The van der Waals surface area contributed by atoms with Crippen LogP contribution in [0.15, 0.2) is 65.1 Å². The second-order valence-electron chi connectivity index (χ2n) is 10.6. The number of halogens is 2. The molecule has 206 valence electrons. The zero-order valence-corrected chi connectivity index (χ0v) is 22.8. The number of amides is 2. The van der Waals surface area contributed by atoms with E-state index in [2.05, 4.69) is 11.9 Å². The number of hydrogen-bond donors (Lipinski definition) is 0. The summed E-state index contributed by atoms with van der Waals surface area (Å²) in [5, 5.41) is 0.616. The van der Waals surface area contributed by atoms with Gasteiger partial charge in [0.05, 0.1) is 12.2 Å². The smallest absolute Gasteiger partial charge is 0.289 e. The molecule has 2 aliphatic heterocycles. The highest BCUT2D eigenvalue weighted by molar-refractivity contribution is 6.30. The summed E-state index contributed by atoms with van der Waals surface area (Å²) in [5.74, 6) is 0.501. The number of benzene rings is 2. The molecule has 1 aromatic heterocycles. The lowest BCUT2D eigenvalue weighted by molar-refractivity contribution is -0.137. The van der Waals surface area contributed by atoms with Crippen LogP contribution in [0.1, 0.15) is 29.8 Å². The standard InChI is InChI=1S/C30H33ClFN3O4/c1-33-15-17-34(18-16-33)28(36)19-30(21-38-23-9-7-22(31)8-10-23)13-4-14-35(20-30)29(37)27-12-11-26(39-27)24-5-2-3-6-25(24)32/h2-3,5-12H,4,13-21H2,1H3/t30-/m0/s1. The van der Waals surface area contributed by atoms with Gasteiger partial charge in [-0.25, -0.2) is 4.39 Å². The van der Waals surface area contributed by atoms with Crippen LogP contribution < -0.4 is 4.74 Å². The number of piperidine rings is 1. The maximum Gasteiger partial charge on any atom is 0.289 e. The molecule has 0 radical (unpaired) electrons. The van der Waals surface area contributed by atoms with Crippen LogP contribution in [0.2, 0.25) is 5.02 Å². The van der Waals surface area contributed by atoms with Crippen molar-refractivity contribution < 1.29 is 23.1 Å². The van der Waals surface area contributed by atoms with Crippen molar-refractivity contribution in [1.82, 2.24) is 14.7 Å². The lowest BCUT2D eigenvalue weighted by atomic mass is 9.77. The molecular formula is C30H33ClFN3O4. The number of carbonyl (C=O) groups excluding carboxylic acids is 2. The van der Waals surface area contributed by atoms with Gasteiger partial charge in [0, 0.05) is 56.1 Å². The van der Waals surface area contributed by atoms with E-state index in [1.807, 2.05) is 4.90 Å². The number of piperazine rings is 1. The molecule has 0 unspecified atom stereocenters. The monoisotopic (exact) mass is 553 g/mol. The van der Waals surface area contributed by atoms with Gasteiger partial charge in [0.2, 0.25) is 5.91 Å². The Labute approximate surface area is 233 Å². The number of hydrogen-bond acceptors (Lipinski definition) is 5. The summed E-state index contributed by atoms with van der Waals surface area (Å²) in [7, 11) is 2.06. The number of nitrogens with zero attached hydrogens (tertiary/aromatic N) is 3. The number of rotatable bonds is 7. The van der Waals surface area contributed by atoms with Crippen molar-refractivity contribution in [3.63, 3.8) is 0 Å². The molecule has 2 aromatic carbocycles. The Hall–Kier alpha value is -3.36. The van der Waals surface area contributed by atoms with Gasteiger partial charge in [-0.1, -0.05) is 23.7 Å². The van der Waals surface area contributed by atoms with Crippen LogP contribution in [-0.4, -0.2) is 79.4 Å². The van der Waals surface area contributed by atoms with Gasteiger partial charge in [0.25, 0.3) is 5.91 Å². The quantitative estimate of drug-likeness (QED) is 0.402. The van der Waals surface area contributed by atoms with Crippen molar-refractivity contribution in [2.24, 2.45) is 5.41 Å². The first-order valence-electron chi connectivity index (χ1n) is 13.3. The molecule has 2 aliphatic rings. The normalized spacial score (nSPS) is 20.2. The van der Waals surface area contributed by atoms with Crippen LogP contribution in [0.25, 0.3) is 11.3 Å². The largest absolute Gasteiger partial charge is 0.493 e. The summed E-state index contributed by atoms with van der Waals surface area (Å²) < 4.78 is 26.3. The molecule has 3 aromatic rings. The maximum atomic E-state index is 14.3. The summed E-state index contributed by atoms with van der Waals surface area (Å²) in [6.45, 7) is 4.25. The summed E-state index contributed by atoms with van der Waals surface area (Å²) in [6.07, 6.45) is 1.77. The molecule has 2 saturated heterocycles. The zero-order valence-electron chi connectivity index (χ0n) is 22.1. The third-order valence-corrected chi connectivity index (χ3v) is 7.90. The van der Waals surface area contributed by atoms with Crippen LogP contribution in [0.3, 0.4) is 0 Å². The van der Waals surface area contributed by atoms with Crippen molar-refractivity contribution in [1.29, 1.82) is 0 Å². The SMILES string of the molecule is CN1CCN(C(=O)C[C@@]2(COc3ccc(Cl)cc3)CCCN(C(=O)c3ccc(-c4ccccc4F)o3)C2)CC1. The Morgan fingerprint density at radius 3 is 2.46 bits per heavy atom. The molecule has 1 atom stereocenters. The van der Waals surface area contributed by atoms with E-state index < -0.39 is 11.2 Å². The summed E-state index contributed by atoms with van der Waals surface area (Å²) in [4.78, 5) is 32.8. The van der Waals surface area contributed by atoms with Crippen molar-refractivity contribution in [2.45, 2.75) is 19.3 Å². The van der Waals surface area contributed by atoms with Gasteiger partial charge in [-0.15, -0.1) is 0 Å². The molecule has 0 N–H and O–H groups in total. The lowest BCUT2D eigenvalue weighted by Crippen LogP contribution is -2.53. The van der Waals surface area contributed by atoms with E-state index in [0.29, 0.717) is 48.3 Å². The molecular weight excluding hydrogens is 521 g/mol. The van der Waals surface area contributed by atoms with E-state index in [4.69, 9.17) is 20.8 Å². The fraction of sp³-hybridized carbons (Fsp3) is 0.400. The highest BCUT2D eigenvalue weighted by Crippen LogP contribution is 2.36. The third-order valence-electron chi connectivity index (χ3n) is 7.65. The molecule has 2 fully saturated rings. The van der Waals surface area contributed by atoms with Crippen LogP contribution in [0.5, 0.6) is 5.75 Å². The summed E-state index contributed by atoms with van der Waals surface area (Å²) in [5.41, 5.74) is -0.256. The number of likely N-dealkylation sites (N-methyl/N-ethyl adjacent to an activating group) is 1. The number of carbonyl (C=O) groups is 2. The number of likely N-dealkylation sites (tertiary alicyclic amines) is 1. The third kappa shape index (κ3) is 6.45. The van der Waals surface area contributed by atoms with Crippen LogP contribution in [0, 0.1) is 11.2 Å². The van der Waals surface area contributed by atoms with E-state index in [-0.39, 0.29) is 30.6 Å². The van der Waals surface area contributed by atoms with Crippen molar-refractivity contribution >= 4 is 23.4 Å². The Morgan fingerprint density at radius 2 is 1.72 bits per heavy atom. The van der Waals surface area contributed by atoms with Crippen molar-refractivity contribution in [2.75, 3.05) is 52.9 Å². The first kappa shape index (κ1) is 27.2. The van der Waals surface area contributed by atoms with E-state index in [9.17, 15) is 14.0 Å². The second kappa shape index (κ2) is 11.8. The minimum Gasteiger partial charge on any atom is -0.493 e. The van der Waals surface area contributed by atoms with E-state index in [1.54, 1.807) is 59.5 Å². The first-order valence-corrected chi connectivity index (χ1v) is 13.7. The molecule has 0 bridgehead atoms. The molecule has 0 saturated carbocycles. The Kier molecular flexibility index (Phi) is 8.23. The van der Waals surface area contributed by atoms with Gasteiger partial charge >= 0.3 is 0 Å². The average Bonchev–Trinajstić information content (AvgIpc) is 3.43. The summed E-state index contributed by atoms with van der Waals surface area (Å²) >= 11 is 6.03. The lowest BCUT2D eigenvalue weighted by Gasteiger charge is -2.43. The van der Waals surface area contributed by atoms with Gasteiger partial charge in [-0.05, 0) is 68.4 Å². The summed E-state index contributed by atoms with van der Waals surface area (Å²) in [6, 6.07) is 16.6. The van der Waals surface area contributed by atoms with E-state index >= 15 is 0 Å². The molecule has 9 heteroatoms. The van der Waals surface area contributed by atoms with Crippen LogP contribution in [0.4, 0.5) is 4.39 Å². The fourth-order valence-electron chi connectivity index (χ4n) is 5.36. The van der Waals surface area contributed by atoms with Crippen LogP contribution >= 0.6 is 11.6 Å². The van der Waals surface area contributed by atoms with E-state index in [1.165, 1.54) is 6.07 Å². The van der Waals surface area contributed by atoms with Crippen molar-refractivity contribution in [3.05, 3.63) is 77.3 Å². The zero-order chi connectivity index (χ0) is 27.4. The Morgan fingerprint density at radius 1 is 0.974 bits per heavy atom. The maximum absolute atomic E-state index is 14.3. The predicted octanol–water partition coefficient (Wildman–Crippen LogP) is 5.20. The minimum absolute atomic E-state index is 0.0805.